The van der Waals surface area contributed by atoms with Crippen molar-refractivity contribution in [1.82, 2.24) is 24.5 Å². The molecule has 0 atom stereocenters. The highest BCUT2D eigenvalue weighted by atomic mass is 35.5. The van der Waals surface area contributed by atoms with Gasteiger partial charge in [0, 0.05) is 39.0 Å². The molecule has 2 amide bonds. The summed E-state index contributed by atoms with van der Waals surface area (Å²) >= 11 is 6.00. The van der Waals surface area contributed by atoms with E-state index < -0.39 is 10.8 Å². The highest BCUT2D eigenvalue weighted by Crippen LogP contribution is 2.28. The van der Waals surface area contributed by atoms with E-state index in [2.05, 4.69) is 15.5 Å². The molecule has 2 aromatic heterocycles. The highest BCUT2D eigenvalue weighted by molar-refractivity contribution is 6.32. The first-order valence-electron chi connectivity index (χ1n) is 9.40. The molecule has 0 radical (unpaired) electrons. The number of rotatable bonds is 8. The number of halogens is 1. The van der Waals surface area contributed by atoms with Crippen molar-refractivity contribution in [2.75, 3.05) is 19.4 Å². The maximum Gasteiger partial charge on any atom is 0.276 e. The zero-order chi connectivity index (χ0) is 23.4. The average Bonchev–Trinajstić information content (AvgIpc) is 3.39. The third-order valence-electron chi connectivity index (χ3n) is 4.35. The van der Waals surface area contributed by atoms with E-state index in [4.69, 9.17) is 16.3 Å². The van der Waals surface area contributed by atoms with Crippen LogP contribution in [0.5, 0.6) is 5.75 Å². The Morgan fingerprint density at radius 1 is 1.31 bits per heavy atom. The van der Waals surface area contributed by atoms with Crippen LogP contribution in [0.25, 0.3) is 0 Å². The quantitative estimate of drug-likeness (QED) is 0.402. The van der Waals surface area contributed by atoms with Gasteiger partial charge in [0.25, 0.3) is 17.5 Å². The number of hydrogen-bond acceptors (Lipinski definition) is 7. The van der Waals surface area contributed by atoms with Crippen molar-refractivity contribution in [1.29, 1.82) is 0 Å². The van der Waals surface area contributed by atoms with Gasteiger partial charge in [-0.15, -0.1) is 0 Å². The van der Waals surface area contributed by atoms with E-state index in [9.17, 15) is 19.7 Å². The number of anilines is 1. The SMILES string of the molecule is CCn1ncc(NC(=O)c2ccn(COc3ccc([N+](=O)[O-])cc3Cl)n2)c1C(=O)N(C)C. The summed E-state index contributed by atoms with van der Waals surface area (Å²) in [5.74, 6) is -0.586. The van der Waals surface area contributed by atoms with E-state index in [1.165, 1.54) is 50.9 Å². The monoisotopic (exact) mass is 461 g/mol. The number of amides is 2. The second-order valence-corrected chi connectivity index (χ2v) is 7.17. The summed E-state index contributed by atoms with van der Waals surface area (Å²) in [5, 5.41) is 21.8. The van der Waals surface area contributed by atoms with Crippen molar-refractivity contribution in [3.05, 3.63) is 63.2 Å². The van der Waals surface area contributed by atoms with Gasteiger partial charge in [-0.3, -0.25) is 24.4 Å². The van der Waals surface area contributed by atoms with Gasteiger partial charge in [0.1, 0.15) is 11.4 Å². The first kappa shape index (κ1) is 22.7. The van der Waals surface area contributed by atoms with Gasteiger partial charge in [-0.2, -0.15) is 10.2 Å². The number of benzene rings is 1. The normalized spacial score (nSPS) is 10.6. The van der Waals surface area contributed by atoms with Crippen LogP contribution >= 0.6 is 11.6 Å². The van der Waals surface area contributed by atoms with E-state index in [1.54, 1.807) is 14.1 Å². The van der Waals surface area contributed by atoms with E-state index >= 15 is 0 Å². The Morgan fingerprint density at radius 3 is 2.69 bits per heavy atom. The van der Waals surface area contributed by atoms with Crippen molar-refractivity contribution in [3.8, 4) is 5.75 Å². The number of nitrogens with zero attached hydrogens (tertiary/aromatic N) is 6. The van der Waals surface area contributed by atoms with Crippen LogP contribution in [-0.2, 0) is 13.3 Å². The fourth-order valence-electron chi connectivity index (χ4n) is 2.75. The Balaban J connectivity index is 1.69. The summed E-state index contributed by atoms with van der Waals surface area (Å²) in [5.41, 5.74) is 0.482. The van der Waals surface area contributed by atoms with Crippen molar-refractivity contribution in [2.24, 2.45) is 0 Å². The fraction of sp³-hybridized carbons (Fsp3) is 0.263. The molecule has 12 nitrogen and oxygen atoms in total. The minimum absolute atomic E-state index is 0.0790. The van der Waals surface area contributed by atoms with Crippen molar-refractivity contribution in [2.45, 2.75) is 20.2 Å². The number of carbonyl (C=O) groups excluding carboxylic acids is 2. The molecule has 1 N–H and O–H groups in total. The Morgan fingerprint density at radius 2 is 2.06 bits per heavy atom. The van der Waals surface area contributed by atoms with Gasteiger partial charge < -0.3 is 15.0 Å². The fourth-order valence-corrected chi connectivity index (χ4v) is 2.98. The van der Waals surface area contributed by atoms with Gasteiger partial charge in [0.2, 0.25) is 0 Å². The first-order valence-corrected chi connectivity index (χ1v) is 9.78. The van der Waals surface area contributed by atoms with E-state index in [1.807, 2.05) is 6.92 Å². The summed E-state index contributed by atoms with van der Waals surface area (Å²) in [6.07, 6.45) is 2.93. The van der Waals surface area contributed by atoms with Crippen LogP contribution in [0.2, 0.25) is 5.02 Å². The van der Waals surface area contributed by atoms with E-state index in [-0.39, 0.29) is 46.2 Å². The zero-order valence-corrected chi connectivity index (χ0v) is 18.2. The third kappa shape index (κ3) is 4.86. The molecule has 0 spiro atoms. The Bertz CT molecular complexity index is 1170. The maximum absolute atomic E-state index is 12.6. The number of non-ortho nitro benzene ring substituents is 1. The number of ether oxygens (including phenoxy) is 1. The number of aryl methyl sites for hydroxylation is 1. The summed E-state index contributed by atoms with van der Waals surface area (Å²) in [6.45, 7) is 2.22. The molecule has 0 saturated heterocycles. The number of aromatic nitrogens is 4. The molecule has 1 aromatic carbocycles. The molecule has 0 aliphatic rings. The molecule has 3 aromatic rings. The Labute approximate surface area is 187 Å². The van der Waals surface area contributed by atoms with Gasteiger partial charge in [-0.05, 0) is 19.1 Å². The van der Waals surface area contributed by atoms with Gasteiger partial charge in [0.15, 0.2) is 12.4 Å². The van der Waals surface area contributed by atoms with E-state index in [0.29, 0.717) is 6.54 Å². The van der Waals surface area contributed by atoms with Crippen LogP contribution in [0.15, 0.2) is 36.7 Å². The number of nitrogens with one attached hydrogen (secondary N) is 1. The molecule has 13 heteroatoms. The first-order chi connectivity index (χ1) is 15.2. The van der Waals surface area contributed by atoms with Gasteiger partial charge >= 0.3 is 0 Å². The van der Waals surface area contributed by atoms with Crippen molar-refractivity contribution >= 4 is 34.8 Å². The lowest BCUT2D eigenvalue weighted by Crippen LogP contribution is -2.26. The molecule has 168 valence electrons. The summed E-state index contributed by atoms with van der Waals surface area (Å²) in [4.78, 5) is 36.7. The Kier molecular flexibility index (Phi) is 6.73. The molecule has 0 unspecified atom stereocenters. The van der Waals surface area contributed by atoms with Crippen LogP contribution in [0.3, 0.4) is 0 Å². The topological polar surface area (TPSA) is 137 Å². The minimum Gasteiger partial charge on any atom is -0.470 e. The standard InChI is InChI=1S/C19H20ClN7O5/c1-4-26-17(19(29)24(2)3)15(10-21-26)22-18(28)14-7-8-25(23-14)11-32-16-6-5-12(27(30)31)9-13(16)20/h5-10H,4,11H2,1-3H3,(H,22,28). The van der Waals surface area contributed by atoms with Gasteiger partial charge in [-0.25, -0.2) is 4.68 Å². The number of hydrogen-bond donors (Lipinski definition) is 1. The number of carbonyl (C=O) groups is 2. The third-order valence-corrected chi connectivity index (χ3v) is 4.64. The van der Waals surface area contributed by atoms with Crippen LogP contribution in [0.1, 0.15) is 27.9 Å². The van der Waals surface area contributed by atoms with Gasteiger partial charge in [0.05, 0.1) is 21.8 Å². The zero-order valence-electron chi connectivity index (χ0n) is 17.5. The number of nitro benzene ring substituents is 1. The molecule has 32 heavy (non-hydrogen) atoms. The van der Waals surface area contributed by atoms with Gasteiger partial charge in [-0.1, -0.05) is 11.6 Å². The molecule has 2 heterocycles. The second kappa shape index (κ2) is 9.47. The minimum atomic E-state index is -0.560. The van der Waals surface area contributed by atoms with Crippen LogP contribution < -0.4 is 10.1 Å². The lowest BCUT2D eigenvalue weighted by molar-refractivity contribution is -0.384. The highest BCUT2D eigenvalue weighted by Gasteiger charge is 2.22. The molecule has 0 aliphatic carbocycles. The lowest BCUT2D eigenvalue weighted by Gasteiger charge is -2.13. The van der Waals surface area contributed by atoms with E-state index in [0.717, 1.165) is 0 Å². The molecule has 0 saturated carbocycles. The predicted molar refractivity (Wildman–Crippen MR) is 115 cm³/mol. The molecular weight excluding hydrogens is 442 g/mol. The number of nitro groups is 1. The van der Waals surface area contributed by atoms with Crippen LogP contribution in [0, 0.1) is 10.1 Å². The largest absolute Gasteiger partial charge is 0.470 e. The summed E-state index contributed by atoms with van der Waals surface area (Å²) in [6, 6.07) is 5.31. The summed E-state index contributed by atoms with van der Waals surface area (Å²) < 4.78 is 8.37. The van der Waals surface area contributed by atoms with Crippen LogP contribution in [0.4, 0.5) is 11.4 Å². The molecular formula is C19H20ClN7O5. The molecule has 0 aliphatic heterocycles. The molecule has 0 fully saturated rings. The predicted octanol–water partition coefficient (Wildman–Crippen LogP) is 2.65. The second-order valence-electron chi connectivity index (χ2n) is 6.76. The molecule has 3 rings (SSSR count). The molecule has 0 bridgehead atoms. The van der Waals surface area contributed by atoms with Crippen molar-refractivity contribution in [3.63, 3.8) is 0 Å². The summed E-state index contributed by atoms with van der Waals surface area (Å²) in [7, 11) is 3.22. The Hall–Kier alpha value is -3.93. The average molecular weight is 462 g/mol. The smallest absolute Gasteiger partial charge is 0.276 e. The lowest BCUT2D eigenvalue weighted by atomic mass is 10.3. The van der Waals surface area contributed by atoms with Crippen molar-refractivity contribution < 1.29 is 19.2 Å². The maximum atomic E-state index is 12.6. The van der Waals surface area contributed by atoms with Crippen LogP contribution in [-0.4, -0.2) is 55.3 Å².